The molecule has 1 heterocycles. The number of benzene rings is 3. The van der Waals surface area contributed by atoms with Gasteiger partial charge in [-0.05, 0) is 62.4 Å². The van der Waals surface area contributed by atoms with Crippen molar-refractivity contribution in [1.29, 1.82) is 0 Å². The van der Waals surface area contributed by atoms with Gasteiger partial charge in [-0.25, -0.2) is 4.98 Å². The van der Waals surface area contributed by atoms with Gasteiger partial charge in [-0.1, -0.05) is 23.7 Å². The summed E-state index contributed by atoms with van der Waals surface area (Å²) in [6.07, 6.45) is 0. The second-order valence-corrected chi connectivity index (χ2v) is 8.48. The van der Waals surface area contributed by atoms with Crippen molar-refractivity contribution in [3.8, 4) is 11.4 Å². The molecule has 0 aliphatic heterocycles. The molecule has 4 rings (SSSR count). The predicted octanol–water partition coefficient (Wildman–Crippen LogP) is 5.18. The first-order valence-corrected chi connectivity index (χ1v) is 11.6. The summed E-state index contributed by atoms with van der Waals surface area (Å²) in [7, 11) is 1.55. The van der Waals surface area contributed by atoms with E-state index in [4.69, 9.17) is 21.3 Å². The van der Waals surface area contributed by atoms with Crippen molar-refractivity contribution in [3.63, 3.8) is 0 Å². The molecular formula is C26H23ClN4O5. The quantitative estimate of drug-likeness (QED) is 0.252. The third-order valence-electron chi connectivity index (χ3n) is 5.87. The summed E-state index contributed by atoms with van der Waals surface area (Å²) in [6, 6.07) is 17.2. The first kappa shape index (κ1) is 24.9. The van der Waals surface area contributed by atoms with E-state index in [-0.39, 0.29) is 21.8 Å². The maximum atomic E-state index is 13.6. The molecule has 184 valence electrons. The summed E-state index contributed by atoms with van der Waals surface area (Å²) in [6.45, 7) is 4.13. The molecule has 3 aromatic carbocycles. The number of carbonyl (C=O) groups excluding carboxylic acids is 1. The van der Waals surface area contributed by atoms with Crippen LogP contribution in [0.1, 0.15) is 36.1 Å². The van der Waals surface area contributed by atoms with E-state index >= 15 is 0 Å². The Morgan fingerprint density at radius 1 is 1.17 bits per heavy atom. The number of ether oxygens (including phenoxy) is 1. The molecule has 0 N–H and O–H groups in total. The molecule has 1 aromatic heterocycles. The Kier molecular flexibility index (Phi) is 7.03. The maximum Gasteiger partial charge on any atom is 0.288 e. The van der Waals surface area contributed by atoms with Crippen molar-refractivity contribution >= 4 is 34.1 Å². The number of carbonyl (C=O) groups is 1. The molecule has 1 amide bonds. The lowest BCUT2D eigenvalue weighted by molar-refractivity contribution is -0.384. The Hall–Kier alpha value is -4.24. The fourth-order valence-electron chi connectivity index (χ4n) is 3.88. The zero-order valence-electron chi connectivity index (χ0n) is 19.8. The molecule has 0 aliphatic rings. The maximum absolute atomic E-state index is 13.6. The Bertz CT molecular complexity index is 1520. The fourth-order valence-corrected chi connectivity index (χ4v) is 4.06. The lowest BCUT2D eigenvalue weighted by atomic mass is 10.1. The number of para-hydroxylation sites is 1. The van der Waals surface area contributed by atoms with E-state index in [9.17, 15) is 19.7 Å². The van der Waals surface area contributed by atoms with Crippen LogP contribution in [0, 0.1) is 10.1 Å². The van der Waals surface area contributed by atoms with Gasteiger partial charge in [-0.3, -0.25) is 24.3 Å². The highest BCUT2D eigenvalue weighted by Crippen LogP contribution is 2.28. The minimum atomic E-state index is -0.670. The van der Waals surface area contributed by atoms with Crippen molar-refractivity contribution in [2.75, 3.05) is 13.7 Å². The van der Waals surface area contributed by atoms with E-state index in [2.05, 4.69) is 0 Å². The first-order valence-electron chi connectivity index (χ1n) is 11.2. The van der Waals surface area contributed by atoms with Gasteiger partial charge in [-0.15, -0.1) is 0 Å². The van der Waals surface area contributed by atoms with Gasteiger partial charge in [0.25, 0.3) is 17.2 Å². The largest absolute Gasteiger partial charge is 0.494 e. The number of fused-ring (bicyclic) bond motifs is 1. The van der Waals surface area contributed by atoms with Crippen LogP contribution in [0.15, 0.2) is 71.5 Å². The van der Waals surface area contributed by atoms with Crippen LogP contribution in [0.4, 0.5) is 5.69 Å². The number of aromatic nitrogens is 2. The van der Waals surface area contributed by atoms with Crippen LogP contribution in [0.5, 0.6) is 5.75 Å². The van der Waals surface area contributed by atoms with Crippen molar-refractivity contribution in [3.05, 3.63) is 104 Å². The normalized spacial score (nSPS) is 11.8. The van der Waals surface area contributed by atoms with Crippen molar-refractivity contribution in [1.82, 2.24) is 14.5 Å². The second-order valence-electron chi connectivity index (χ2n) is 8.07. The fraction of sp³-hybridized carbons (Fsp3) is 0.192. The monoisotopic (exact) mass is 506 g/mol. The summed E-state index contributed by atoms with van der Waals surface area (Å²) in [4.78, 5) is 43.6. The summed E-state index contributed by atoms with van der Waals surface area (Å²) in [5, 5.41) is 11.7. The van der Waals surface area contributed by atoms with Crippen LogP contribution in [-0.4, -0.2) is 38.9 Å². The number of hydrogen-bond acceptors (Lipinski definition) is 6. The molecule has 10 heteroatoms. The summed E-state index contributed by atoms with van der Waals surface area (Å²) in [5.74, 6) is 0.513. The Morgan fingerprint density at radius 2 is 1.86 bits per heavy atom. The standard InChI is InChI=1S/C26H23ClN4O5/c1-4-36-19-12-10-18(11-13-19)30-24(28-22-8-6-5-7-20(22)26(30)33)16(2)29(3)25(32)17-9-14-21(27)23(15-17)31(34)35/h5-16H,4H2,1-3H3. The highest BCUT2D eigenvalue weighted by Gasteiger charge is 2.26. The zero-order valence-corrected chi connectivity index (χ0v) is 20.6. The minimum Gasteiger partial charge on any atom is -0.494 e. The van der Waals surface area contributed by atoms with Crippen molar-refractivity contribution in [2.24, 2.45) is 0 Å². The highest BCUT2D eigenvalue weighted by molar-refractivity contribution is 6.32. The minimum absolute atomic E-state index is 0.0622. The Balaban J connectivity index is 1.82. The van der Waals surface area contributed by atoms with Crippen LogP contribution >= 0.6 is 11.6 Å². The van der Waals surface area contributed by atoms with E-state index in [1.54, 1.807) is 62.5 Å². The van der Waals surface area contributed by atoms with Gasteiger partial charge in [0.05, 0.1) is 34.2 Å². The van der Waals surface area contributed by atoms with Crippen LogP contribution in [-0.2, 0) is 0 Å². The Morgan fingerprint density at radius 3 is 2.53 bits per heavy atom. The lowest BCUT2D eigenvalue weighted by Gasteiger charge is -2.27. The number of nitro benzene ring substituents is 1. The predicted molar refractivity (Wildman–Crippen MR) is 137 cm³/mol. The number of nitro groups is 1. The third-order valence-corrected chi connectivity index (χ3v) is 6.19. The van der Waals surface area contributed by atoms with E-state index in [1.165, 1.54) is 21.6 Å². The average molecular weight is 507 g/mol. The zero-order chi connectivity index (χ0) is 26.0. The number of hydrogen-bond donors (Lipinski definition) is 0. The number of nitrogens with zero attached hydrogens (tertiary/aromatic N) is 4. The molecule has 0 saturated carbocycles. The van der Waals surface area contributed by atoms with Crippen LogP contribution in [0.25, 0.3) is 16.6 Å². The molecular weight excluding hydrogens is 484 g/mol. The molecule has 0 fully saturated rings. The number of amides is 1. The van der Waals surface area contributed by atoms with Gasteiger partial charge in [-0.2, -0.15) is 0 Å². The number of halogens is 1. The van der Waals surface area contributed by atoms with Gasteiger partial charge in [0, 0.05) is 18.7 Å². The van der Waals surface area contributed by atoms with E-state index in [0.717, 1.165) is 6.07 Å². The molecule has 1 atom stereocenters. The number of rotatable bonds is 7. The van der Waals surface area contributed by atoms with Crippen molar-refractivity contribution in [2.45, 2.75) is 19.9 Å². The first-order chi connectivity index (χ1) is 17.2. The third kappa shape index (κ3) is 4.65. The van der Waals surface area contributed by atoms with Gasteiger partial charge >= 0.3 is 0 Å². The molecule has 36 heavy (non-hydrogen) atoms. The van der Waals surface area contributed by atoms with Crippen LogP contribution < -0.4 is 10.3 Å². The second kappa shape index (κ2) is 10.2. The average Bonchev–Trinajstić information content (AvgIpc) is 2.88. The summed E-state index contributed by atoms with van der Waals surface area (Å²) < 4.78 is 6.98. The van der Waals surface area contributed by atoms with E-state index in [1.807, 2.05) is 6.92 Å². The van der Waals surface area contributed by atoms with Crippen molar-refractivity contribution < 1.29 is 14.5 Å². The SMILES string of the molecule is CCOc1ccc(-n2c(C(C)N(C)C(=O)c3ccc(Cl)c([N+](=O)[O-])c3)nc3ccccc3c2=O)cc1. The van der Waals surface area contributed by atoms with E-state index in [0.29, 0.717) is 34.8 Å². The van der Waals surface area contributed by atoms with Crippen LogP contribution in [0.2, 0.25) is 5.02 Å². The highest BCUT2D eigenvalue weighted by atomic mass is 35.5. The summed E-state index contributed by atoms with van der Waals surface area (Å²) >= 11 is 5.90. The molecule has 1 unspecified atom stereocenters. The molecule has 4 aromatic rings. The molecule has 0 saturated heterocycles. The van der Waals surface area contributed by atoms with Gasteiger partial charge < -0.3 is 9.64 Å². The Labute approximate surface area is 211 Å². The van der Waals surface area contributed by atoms with Crippen LogP contribution in [0.3, 0.4) is 0 Å². The molecule has 0 spiro atoms. The molecule has 0 bridgehead atoms. The molecule has 0 aliphatic carbocycles. The van der Waals surface area contributed by atoms with Gasteiger partial charge in [0.2, 0.25) is 0 Å². The smallest absolute Gasteiger partial charge is 0.288 e. The van der Waals surface area contributed by atoms with Gasteiger partial charge in [0.1, 0.15) is 16.6 Å². The van der Waals surface area contributed by atoms with E-state index < -0.39 is 16.9 Å². The molecule has 0 radical (unpaired) electrons. The topological polar surface area (TPSA) is 108 Å². The molecule has 9 nitrogen and oxygen atoms in total. The summed E-state index contributed by atoms with van der Waals surface area (Å²) in [5.41, 5.74) is 0.505. The lowest BCUT2D eigenvalue weighted by Crippen LogP contribution is -2.35. The van der Waals surface area contributed by atoms with Gasteiger partial charge in [0.15, 0.2) is 0 Å².